The van der Waals surface area contributed by atoms with Crippen LogP contribution in [0.4, 0.5) is 10.5 Å². The molecule has 0 aliphatic carbocycles. The molecule has 0 atom stereocenters. The highest BCUT2D eigenvalue weighted by molar-refractivity contribution is 5.82. The molecule has 0 saturated heterocycles. The summed E-state index contributed by atoms with van der Waals surface area (Å²) in [6.45, 7) is 0. The number of ether oxygens (including phenoxy) is 1. The number of aryl methyl sites for hydroxylation is 1. The van der Waals surface area contributed by atoms with Crippen LogP contribution < -0.4 is 0 Å². The van der Waals surface area contributed by atoms with E-state index in [0.29, 0.717) is 12.8 Å². The first-order valence-corrected chi connectivity index (χ1v) is 5.20. The zero-order valence-corrected chi connectivity index (χ0v) is 9.46. The molecule has 0 heterocycles. The molecule has 0 spiro atoms. The van der Waals surface area contributed by atoms with Crippen LogP contribution in [0.5, 0.6) is 0 Å². The number of hydrogen-bond donors (Lipinski definition) is 2. The van der Waals surface area contributed by atoms with E-state index in [1.807, 2.05) is 0 Å². The Labute approximate surface area is 103 Å². The third-order valence-electron chi connectivity index (χ3n) is 2.23. The van der Waals surface area contributed by atoms with Crippen LogP contribution in [-0.4, -0.2) is 22.1 Å². The number of hydrogen-bond acceptors (Lipinski definition) is 5. The molecule has 0 unspecified atom stereocenters. The molecular weight excluding hydrogens is 240 g/mol. The molecule has 1 aromatic carbocycles. The molecule has 0 amide bonds. The van der Waals surface area contributed by atoms with Crippen LogP contribution in [0.3, 0.4) is 0 Å². The Kier molecular flexibility index (Phi) is 4.79. The van der Waals surface area contributed by atoms with E-state index in [0.717, 1.165) is 5.56 Å². The van der Waals surface area contributed by atoms with Gasteiger partial charge in [-0.15, -0.1) is 0 Å². The molecule has 7 heteroatoms. The van der Waals surface area contributed by atoms with Gasteiger partial charge in [0.15, 0.2) is 5.90 Å². The smallest absolute Gasteiger partial charge is 0.449 e. The lowest BCUT2D eigenvalue weighted by molar-refractivity contribution is -0.384. The normalized spacial score (nSPS) is 9.78. The van der Waals surface area contributed by atoms with Crippen LogP contribution in [0.2, 0.25) is 0 Å². The first kappa shape index (κ1) is 13.6. The van der Waals surface area contributed by atoms with E-state index >= 15 is 0 Å². The van der Waals surface area contributed by atoms with Gasteiger partial charge in [0.2, 0.25) is 0 Å². The van der Waals surface area contributed by atoms with Gasteiger partial charge in [-0.1, -0.05) is 12.1 Å². The highest BCUT2D eigenvalue weighted by Crippen LogP contribution is 2.13. The average Bonchev–Trinajstić information content (AvgIpc) is 2.28. The molecule has 2 N–H and O–H groups in total. The second-order valence-electron chi connectivity index (χ2n) is 3.57. The Balaban J connectivity index is 2.38. The van der Waals surface area contributed by atoms with Crippen molar-refractivity contribution >= 4 is 17.7 Å². The summed E-state index contributed by atoms with van der Waals surface area (Å²) in [5, 5.41) is 25.9. The van der Waals surface area contributed by atoms with Crippen LogP contribution in [0, 0.1) is 15.5 Å². The molecule has 18 heavy (non-hydrogen) atoms. The molecule has 0 fully saturated rings. The summed E-state index contributed by atoms with van der Waals surface area (Å²) in [5.41, 5.74) is 0.921. The molecule has 0 bridgehead atoms. The zero-order chi connectivity index (χ0) is 13.5. The zero-order valence-electron chi connectivity index (χ0n) is 9.46. The monoisotopic (exact) mass is 252 g/mol. The van der Waals surface area contributed by atoms with Crippen LogP contribution in [0.15, 0.2) is 24.3 Å². The minimum atomic E-state index is -1.49. The Bertz CT molecular complexity index is 455. The van der Waals surface area contributed by atoms with Crippen LogP contribution in [0.25, 0.3) is 0 Å². The van der Waals surface area contributed by atoms with E-state index in [9.17, 15) is 14.9 Å². The SMILES string of the molecule is N=C(CCCc1ccc([N+](=O)[O-])cc1)OC(=O)O. The lowest BCUT2D eigenvalue weighted by Gasteiger charge is -2.02. The molecule has 0 saturated carbocycles. The minimum absolute atomic E-state index is 0.0284. The van der Waals surface area contributed by atoms with Crippen molar-refractivity contribution in [2.75, 3.05) is 0 Å². The van der Waals surface area contributed by atoms with Gasteiger partial charge in [0.25, 0.3) is 5.69 Å². The number of benzene rings is 1. The van der Waals surface area contributed by atoms with E-state index in [-0.39, 0.29) is 18.0 Å². The predicted molar refractivity (Wildman–Crippen MR) is 62.9 cm³/mol. The standard InChI is InChI=1S/C11H12N2O5/c12-10(18-11(14)15)3-1-2-8-4-6-9(7-5-8)13(16)17/h4-7,12H,1-3H2,(H,14,15). The van der Waals surface area contributed by atoms with Crippen molar-refractivity contribution in [3.8, 4) is 0 Å². The fourth-order valence-electron chi connectivity index (χ4n) is 1.39. The maximum absolute atomic E-state index is 10.4. The number of nitro groups is 1. The Morgan fingerprint density at radius 2 is 2.00 bits per heavy atom. The van der Waals surface area contributed by atoms with E-state index in [4.69, 9.17) is 10.5 Å². The fraction of sp³-hybridized carbons (Fsp3) is 0.273. The number of non-ortho nitro benzene ring substituents is 1. The number of nitro benzene ring substituents is 1. The molecule has 0 radical (unpaired) electrons. The van der Waals surface area contributed by atoms with Crippen molar-refractivity contribution in [2.45, 2.75) is 19.3 Å². The lowest BCUT2D eigenvalue weighted by atomic mass is 10.1. The quantitative estimate of drug-likeness (QED) is 0.275. The largest absolute Gasteiger partial charge is 0.512 e. The Morgan fingerprint density at radius 3 is 2.50 bits per heavy atom. The summed E-state index contributed by atoms with van der Waals surface area (Å²) < 4.78 is 4.15. The van der Waals surface area contributed by atoms with Gasteiger partial charge in [0, 0.05) is 18.6 Å². The summed E-state index contributed by atoms with van der Waals surface area (Å²) in [5.74, 6) is -0.301. The summed E-state index contributed by atoms with van der Waals surface area (Å²) in [6.07, 6.45) is -0.133. The van der Waals surface area contributed by atoms with E-state index < -0.39 is 11.1 Å². The summed E-state index contributed by atoms with van der Waals surface area (Å²) in [4.78, 5) is 20.1. The van der Waals surface area contributed by atoms with Crippen LogP contribution in [-0.2, 0) is 11.2 Å². The van der Waals surface area contributed by atoms with Gasteiger partial charge in [-0.05, 0) is 18.4 Å². The number of rotatable bonds is 5. The van der Waals surface area contributed by atoms with E-state index in [2.05, 4.69) is 4.74 Å². The maximum Gasteiger partial charge on any atom is 0.512 e. The van der Waals surface area contributed by atoms with Crippen LogP contribution >= 0.6 is 0 Å². The van der Waals surface area contributed by atoms with Gasteiger partial charge in [0.1, 0.15) is 0 Å². The van der Waals surface area contributed by atoms with Gasteiger partial charge in [-0.3, -0.25) is 15.5 Å². The lowest BCUT2D eigenvalue weighted by Crippen LogP contribution is -2.08. The van der Waals surface area contributed by atoms with Gasteiger partial charge in [-0.25, -0.2) is 4.79 Å². The topological polar surface area (TPSA) is 114 Å². The Morgan fingerprint density at radius 1 is 1.39 bits per heavy atom. The third kappa shape index (κ3) is 4.60. The second kappa shape index (κ2) is 6.33. The summed E-state index contributed by atoms with van der Waals surface area (Å²) >= 11 is 0. The first-order valence-electron chi connectivity index (χ1n) is 5.20. The fourth-order valence-corrected chi connectivity index (χ4v) is 1.39. The van der Waals surface area contributed by atoms with Gasteiger partial charge >= 0.3 is 6.16 Å². The highest BCUT2D eigenvalue weighted by Gasteiger charge is 2.06. The number of nitrogens with zero attached hydrogens (tertiary/aromatic N) is 1. The Hall–Kier alpha value is -2.44. The van der Waals surface area contributed by atoms with E-state index in [1.54, 1.807) is 12.1 Å². The predicted octanol–water partition coefficient (Wildman–Crippen LogP) is 2.59. The van der Waals surface area contributed by atoms with Gasteiger partial charge < -0.3 is 9.84 Å². The number of carboxylic acid groups (broad SMARTS) is 1. The molecule has 96 valence electrons. The van der Waals surface area contributed by atoms with Crippen molar-refractivity contribution in [1.29, 1.82) is 5.41 Å². The summed E-state index contributed by atoms with van der Waals surface area (Å²) in [7, 11) is 0. The van der Waals surface area contributed by atoms with E-state index in [1.165, 1.54) is 12.1 Å². The average molecular weight is 252 g/mol. The van der Waals surface area contributed by atoms with Crippen molar-refractivity contribution in [3.05, 3.63) is 39.9 Å². The van der Waals surface area contributed by atoms with Gasteiger partial charge in [0.05, 0.1) is 4.92 Å². The second-order valence-corrected chi connectivity index (χ2v) is 3.57. The molecule has 7 nitrogen and oxygen atoms in total. The van der Waals surface area contributed by atoms with Crippen molar-refractivity contribution < 1.29 is 19.6 Å². The van der Waals surface area contributed by atoms with Crippen molar-refractivity contribution in [1.82, 2.24) is 0 Å². The maximum atomic E-state index is 10.4. The first-order chi connectivity index (χ1) is 8.49. The highest BCUT2D eigenvalue weighted by atomic mass is 16.7. The van der Waals surface area contributed by atoms with Crippen LogP contribution in [0.1, 0.15) is 18.4 Å². The van der Waals surface area contributed by atoms with Crippen molar-refractivity contribution in [2.24, 2.45) is 0 Å². The number of carbonyl (C=O) groups is 1. The van der Waals surface area contributed by atoms with Crippen molar-refractivity contribution in [3.63, 3.8) is 0 Å². The molecular formula is C11H12N2O5. The molecule has 0 aliphatic heterocycles. The molecule has 1 aromatic rings. The van der Waals surface area contributed by atoms with Gasteiger partial charge in [-0.2, -0.15) is 0 Å². The minimum Gasteiger partial charge on any atom is -0.449 e. The molecule has 0 aliphatic rings. The third-order valence-corrected chi connectivity index (χ3v) is 2.23. The molecule has 0 aromatic heterocycles. The summed E-state index contributed by atoms with van der Waals surface area (Å²) in [6, 6.07) is 6.10. The number of nitrogens with one attached hydrogen (secondary N) is 1. The molecule has 1 rings (SSSR count).